The van der Waals surface area contributed by atoms with Gasteiger partial charge in [0.05, 0.1) is 5.52 Å². The summed E-state index contributed by atoms with van der Waals surface area (Å²) < 4.78 is 0. The smallest absolute Gasteiger partial charge is 0.325 e. The van der Waals surface area contributed by atoms with Crippen LogP contribution in [0.4, 0.5) is 0 Å². The summed E-state index contributed by atoms with van der Waals surface area (Å²) in [4.78, 5) is 34.7. The van der Waals surface area contributed by atoms with Crippen molar-refractivity contribution < 1.29 is 19.5 Å². The average molecular weight is 304 g/mol. The van der Waals surface area contributed by atoms with Gasteiger partial charge in [0.1, 0.15) is 12.1 Å². The number of benzene rings is 1. The number of para-hydroxylation sites is 1. The molecule has 2 rings (SSSR count). The van der Waals surface area contributed by atoms with Gasteiger partial charge in [-0.3, -0.25) is 19.5 Å². The number of hydrogen-bond donors (Lipinski definition) is 4. The number of nitrogens with one attached hydrogen (secondary N) is 3. The van der Waals surface area contributed by atoms with Gasteiger partial charge in [0, 0.05) is 5.39 Å². The topological polar surface area (TPSA) is 124 Å². The highest BCUT2D eigenvalue weighted by molar-refractivity contribution is 6.06. The highest BCUT2D eigenvalue weighted by Gasteiger charge is 2.22. The molecule has 1 unspecified atom stereocenters. The molecule has 22 heavy (non-hydrogen) atoms. The van der Waals surface area contributed by atoms with Crippen LogP contribution < -0.4 is 10.6 Å². The Morgan fingerprint density at radius 2 is 1.82 bits per heavy atom. The zero-order valence-corrected chi connectivity index (χ0v) is 12.1. The molecule has 0 spiro atoms. The molecule has 1 heterocycles. The van der Waals surface area contributed by atoms with E-state index < -0.39 is 29.9 Å². The van der Waals surface area contributed by atoms with E-state index in [0.717, 1.165) is 0 Å². The van der Waals surface area contributed by atoms with Gasteiger partial charge in [0.25, 0.3) is 5.91 Å². The van der Waals surface area contributed by atoms with Crippen molar-refractivity contribution in [2.75, 3.05) is 0 Å². The molecule has 0 bridgehead atoms. The van der Waals surface area contributed by atoms with E-state index in [1.165, 1.54) is 13.8 Å². The maximum absolute atomic E-state index is 12.2. The summed E-state index contributed by atoms with van der Waals surface area (Å²) in [6.07, 6.45) is 0. The first-order chi connectivity index (χ1) is 10.4. The Bertz CT molecular complexity index is 724. The standard InChI is InChI=1S/C14H16N4O4/c1-7(12(19)16-8(2)14(21)22)15-13(20)11-9-5-3-4-6-10(9)17-18-11/h3-8H,1-2H3,(H,15,20)(H,16,19)(H,17,18)(H,21,22)/t7?,8-/m1/s1. The van der Waals surface area contributed by atoms with Gasteiger partial charge in [-0.2, -0.15) is 5.10 Å². The highest BCUT2D eigenvalue weighted by Crippen LogP contribution is 2.14. The zero-order chi connectivity index (χ0) is 16.3. The second-order valence-corrected chi connectivity index (χ2v) is 4.88. The largest absolute Gasteiger partial charge is 0.480 e. The SMILES string of the molecule is CC(NC(=O)c1n[nH]c2ccccc12)C(=O)N[C@H](C)C(=O)O. The van der Waals surface area contributed by atoms with Gasteiger partial charge in [0.15, 0.2) is 5.69 Å². The van der Waals surface area contributed by atoms with Crippen molar-refractivity contribution in [3.05, 3.63) is 30.0 Å². The van der Waals surface area contributed by atoms with E-state index in [9.17, 15) is 14.4 Å². The zero-order valence-electron chi connectivity index (χ0n) is 12.1. The molecule has 0 fully saturated rings. The first-order valence-corrected chi connectivity index (χ1v) is 6.67. The summed E-state index contributed by atoms with van der Waals surface area (Å²) >= 11 is 0. The van der Waals surface area contributed by atoms with Crippen LogP contribution in [-0.2, 0) is 9.59 Å². The lowest BCUT2D eigenvalue weighted by molar-refractivity contribution is -0.141. The van der Waals surface area contributed by atoms with E-state index in [1.54, 1.807) is 18.2 Å². The normalized spacial score (nSPS) is 13.4. The number of H-pyrrole nitrogens is 1. The van der Waals surface area contributed by atoms with Crippen LogP contribution in [0.3, 0.4) is 0 Å². The molecule has 0 radical (unpaired) electrons. The second-order valence-electron chi connectivity index (χ2n) is 4.88. The quantitative estimate of drug-likeness (QED) is 0.631. The van der Waals surface area contributed by atoms with Crippen LogP contribution in [0.2, 0.25) is 0 Å². The van der Waals surface area contributed by atoms with E-state index in [1.807, 2.05) is 6.07 Å². The fraction of sp³-hybridized carbons (Fsp3) is 0.286. The Morgan fingerprint density at radius 3 is 2.50 bits per heavy atom. The molecular weight excluding hydrogens is 288 g/mol. The molecule has 0 aliphatic rings. The van der Waals surface area contributed by atoms with E-state index in [4.69, 9.17) is 5.11 Å². The first-order valence-electron chi connectivity index (χ1n) is 6.67. The molecule has 0 saturated heterocycles. The van der Waals surface area contributed by atoms with Crippen molar-refractivity contribution in [1.82, 2.24) is 20.8 Å². The molecule has 2 atom stereocenters. The molecule has 1 aromatic carbocycles. The number of carboxylic acids is 1. The molecule has 8 nitrogen and oxygen atoms in total. The summed E-state index contributed by atoms with van der Waals surface area (Å²) in [5.74, 6) is -2.24. The summed E-state index contributed by atoms with van der Waals surface area (Å²) in [7, 11) is 0. The summed E-state index contributed by atoms with van der Waals surface area (Å²) in [5, 5.41) is 20.8. The van der Waals surface area contributed by atoms with Crippen molar-refractivity contribution in [3.8, 4) is 0 Å². The number of aromatic nitrogens is 2. The van der Waals surface area contributed by atoms with Gasteiger partial charge in [-0.05, 0) is 19.9 Å². The van der Waals surface area contributed by atoms with Crippen molar-refractivity contribution in [2.24, 2.45) is 0 Å². The number of aliphatic carboxylic acids is 1. The lowest BCUT2D eigenvalue weighted by Crippen LogP contribution is -2.49. The van der Waals surface area contributed by atoms with Crippen LogP contribution in [0.5, 0.6) is 0 Å². The minimum atomic E-state index is -1.15. The third-order valence-corrected chi connectivity index (χ3v) is 3.16. The summed E-state index contributed by atoms with van der Waals surface area (Å²) in [6, 6.07) is 5.20. The molecule has 0 aliphatic heterocycles. The van der Waals surface area contributed by atoms with E-state index >= 15 is 0 Å². The molecule has 116 valence electrons. The minimum absolute atomic E-state index is 0.182. The van der Waals surface area contributed by atoms with E-state index in [2.05, 4.69) is 20.8 Å². The van der Waals surface area contributed by atoms with E-state index in [-0.39, 0.29) is 5.69 Å². The Balaban J connectivity index is 2.05. The van der Waals surface area contributed by atoms with Crippen molar-refractivity contribution in [3.63, 3.8) is 0 Å². The van der Waals surface area contributed by atoms with Crippen molar-refractivity contribution in [2.45, 2.75) is 25.9 Å². The number of amides is 2. The van der Waals surface area contributed by atoms with Gasteiger partial charge in [0.2, 0.25) is 5.91 Å². The number of fused-ring (bicyclic) bond motifs is 1. The summed E-state index contributed by atoms with van der Waals surface area (Å²) in [6.45, 7) is 2.81. The molecular formula is C14H16N4O4. The number of carbonyl (C=O) groups excluding carboxylic acids is 2. The third kappa shape index (κ3) is 3.22. The Kier molecular flexibility index (Phi) is 4.40. The molecule has 4 N–H and O–H groups in total. The molecule has 2 aromatic rings. The molecule has 0 saturated carbocycles. The monoisotopic (exact) mass is 304 g/mol. The number of carbonyl (C=O) groups is 3. The third-order valence-electron chi connectivity index (χ3n) is 3.16. The lowest BCUT2D eigenvalue weighted by Gasteiger charge is -2.15. The van der Waals surface area contributed by atoms with Crippen LogP contribution in [-0.4, -0.2) is 45.2 Å². The fourth-order valence-electron chi connectivity index (χ4n) is 1.87. The van der Waals surface area contributed by atoms with Crippen molar-refractivity contribution >= 4 is 28.7 Å². The van der Waals surface area contributed by atoms with E-state index in [0.29, 0.717) is 10.9 Å². The minimum Gasteiger partial charge on any atom is -0.480 e. The van der Waals surface area contributed by atoms with Crippen LogP contribution >= 0.6 is 0 Å². The number of hydrogen-bond acceptors (Lipinski definition) is 4. The Labute approximate surface area is 125 Å². The second kappa shape index (κ2) is 6.25. The predicted molar refractivity (Wildman–Crippen MR) is 78.3 cm³/mol. The van der Waals surface area contributed by atoms with Gasteiger partial charge < -0.3 is 15.7 Å². The highest BCUT2D eigenvalue weighted by atomic mass is 16.4. The molecule has 0 aliphatic carbocycles. The summed E-state index contributed by atoms with van der Waals surface area (Å²) in [5.41, 5.74) is 0.894. The van der Waals surface area contributed by atoms with Gasteiger partial charge in [-0.1, -0.05) is 18.2 Å². The predicted octanol–water partition coefficient (Wildman–Crippen LogP) is 0.270. The average Bonchev–Trinajstić information content (AvgIpc) is 2.90. The van der Waals surface area contributed by atoms with Crippen molar-refractivity contribution in [1.29, 1.82) is 0 Å². The number of rotatable bonds is 5. The first kappa shape index (κ1) is 15.5. The van der Waals surface area contributed by atoms with Crippen LogP contribution in [0.1, 0.15) is 24.3 Å². The Morgan fingerprint density at radius 1 is 1.14 bits per heavy atom. The van der Waals surface area contributed by atoms with Crippen LogP contribution in [0.25, 0.3) is 10.9 Å². The van der Waals surface area contributed by atoms with Crippen LogP contribution in [0, 0.1) is 0 Å². The maximum atomic E-state index is 12.2. The number of carboxylic acid groups (broad SMARTS) is 1. The maximum Gasteiger partial charge on any atom is 0.325 e. The molecule has 8 heteroatoms. The fourth-order valence-corrected chi connectivity index (χ4v) is 1.87. The van der Waals surface area contributed by atoms with Gasteiger partial charge >= 0.3 is 5.97 Å². The van der Waals surface area contributed by atoms with Gasteiger partial charge in [-0.15, -0.1) is 0 Å². The Hall–Kier alpha value is -2.90. The molecule has 2 amide bonds. The van der Waals surface area contributed by atoms with Gasteiger partial charge in [-0.25, -0.2) is 0 Å². The lowest BCUT2D eigenvalue weighted by atomic mass is 10.2. The number of nitrogens with zero attached hydrogens (tertiary/aromatic N) is 1. The molecule has 1 aromatic heterocycles. The number of aromatic amines is 1. The van der Waals surface area contributed by atoms with Crippen LogP contribution in [0.15, 0.2) is 24.3 Å².